The van der Waals surface area contributed by atoms with Gasteiger partial charge in [-0.25, -0.2) is 0 Å². The Bertz CT molecular complexity index is 694. The molecule has 5 heteroatoms. The van der Waals surface area contributed by atoms with Crippen LogP contribution in [0.1, 0.15) is 20.3 Å². The molecular formula is C15H17BrN2O2. The van der Waals surface area contributed by atoms with Gasteiger partial charge in [0.05, 0.1) is 5.52 Å². The number of rotatable bonds is 4. The van der Waals surface area contributed by atoms with E-state index in [1.165, 1.54) is 6.07 Å². The highest BCUT2D eigenvalue weighted by atomic mass is 79.9. The number of nitrogens with zero attached hydrogens (tertiary/aromatic N) is 1. The minimum atomic E-state index is -0.0489. The lowest BCUT2D eigenvalue weighted by Crippen LogP contribution is -2.34. The van der Waals surface area contributed by atoms with Crippen molar-refractivity contribution in [3.05, 3.63) is 45.2 Å². The number of carbonyl (C=O) groups is 1. The summed E-state index contributed by atoms with van der Waals surface area (Å²) in [4.78, 5) is 23.8. The van der Waals surface area contributed by atoms with E-state index >= 15 is 0 Å². The first-order valence-corrected chi connectivity index (χ1v) is 7.38. The van der Waals surface area contributed by atoms with Gasteiger partial charge in [-0.3, -0.25) is 9.59 Å². The minimum Gasteiger partial charge on any atom is -0.352 e. The molecule has 2 rings (SSSR count). The molecule has 0 aliphatic rings. The van der Waals surface area contributed by atoms with Crippen molar-refractivity contribution >= 4 is 32.7 Å². The summed E-state index contributed by atoms with van der Waals surface area (Å²) in [6.45, 7) is 4.21. The van der Waals surface area contributed by atoms with Crippen LogP contribution in [0, 0.1) is 0 Å². The Labute approximate surface area is 125 Å². The molecular weight excluding hydrogens is 320 g/mol. The van der Waals surface area contributed by atoms with Crippen LogP contribution < -0.4 is 10.7 Å². The third-order valence-electron chi connectivity index (χ3n) is 3.27. The summed E-state index contributed by atoms with van der Waals surface area (Å²) in [6.07, 6.45) is 2.55. The number of carbonyl (C=O) groups excluding carboxylic acids is 1. The first-order chi connectivity index (χ1) is 9.51. The number of benzene rings is 1. The van der Waals surface area contributed by atoms with E-state index in [2.05, 4.69) is 21.2 Å². The van der Waals surface area contributed by atoms with Crippen molar-refractivity contribution in [1.29, 1.82) is 0 Å². The molecule has 1 atom stereocenters. The van der Waals surface area contributed by atoms with E-state index in [9.17, 15) is 9.59 Å². The van der Waals surface area contributed by atoms with Crippen LogP contribution in [0.2, 0.25) is 0 Å². The highest BCUT2D eigenvalue weighted by molar-refractivity contribution is 9.10. The van der Waals surface area contributed by atoms with Gasteiger partial charge in [0.15, 0.2) is 5.43 Å². The van der Waals surface area contributed by atoms with Crippen LogP contribution in [-0.4, -0.2) is 16.5 Å². The van der Waals surface area contributed by atoms with E-state index in [0.717, 1.165) is 16.4 Å². The van der Waals surface area contributed by atoms with Gasteiger partial charge in [0, 0.05) is 28.2 Å². The lowest BCUT2D eigenvalue weighted by Gasteiger charge is -2.14. The van der Waals surface area contributed by atoms with Crippen molar-refractivity contribution in [2.75, 3.05) is 0 Å². The molecule has 0 aliphatic carbocycles. The molecule has 0 radical (unpaired) electrons. The Morgan fingerprint density at radius 3 is 2.85 bits per heavy atom. The highest BCUT2D eigenvalue weighted by Gasteiger charge is 2.09. The van der Waals surface area contributed by atoms with Crippen molar-refractivity contribution in [1.82, 2.24) is 9.88 Å². The summed E-state index contributed by atoms with van der Waals surface area (Å²) < 4.78 is 2.64. The number of hydrogen-bond donors (Lipinski definition) is 1. The minimum absolute atomic E-state index is 0.0418. The van der Waals surface area contributed by atoms with Crippen LogP contribution in [0.3, 0.4) is 0 Å². The second-order valence-corrected chi connectivity index (χ2v) is 5.76. The second-order valence-electron chi connectivity index (χ2n) is 4.85. The number of hydrogen-bond acceptors (Lipinski definition) is 2. The number of pyridine rings is 1. The predicted octanol–water partition coefficient (Wildman–Crippen LogP) is 2.68. The van der Waals surface area contributed by atoms with Crippen molar-refractivity contribution < 1.29 is 4.79 Å². The summed E-state index contributed by atoms with van der Waals surface area (Å²) >= 11 is 3.36. The standard InChI is InChI=1S/C15H17BrN2O2/c1-3-10(2)17-15(20)9-18-7-6-14(19)12-8-11(16)4-5-13(12)18/h4-8,10H,3,9H2,1-2H3,(H,17,20)/t10-/m1/s1. The number of aromatic nitrogens is 1. The summed E-state index contributed by atoms with van der Waals surface area (Å²) in [5.74, 6) is -0.0489. The van der Waals surface area contributed by atoms with Crippen LogP contribution >= 0.6 is 15.9 Å². The Balaban J connectivity index is 2.34. The van der Waals surface area contributed by atoms with Gasteiger partial charge in [0.2, 0.25) is 5.91 Å². The molecule has 2 aromatic rings. The van der Waals surface area contributed by atoms with Crippen LogP contribution in [0.5, 0.6) is 0 Å². The molecule has 1 heterocycles. The molecule has 4 nitrogen and oxygen atoms in total. The molecule has 106 valence electrons. The van der Waals surface area contributed by atoms with Crippen LogP contribution in [0.25, 0.3) is 10.9 Å². The predicted molar refractivity (Wildman–Crippen MR) is 83.8 cm³/mol. The fourth-order valence-electron chi connectivity index (χ4n) is 2.00. The zero-order chi connectivity index (χ0) is 14.7. The van der Waals surface area contributed by atoms with E-state index in [1.54, 1.807) is 16.8 Å². The fraction of sp³-hybridized carbons (Fsp3) is 0.333. The van der Waals surface area contributed by atoms with Crippen LogP contribution in [0.4, 0.5) is 0 Å². The van der Waals surface area contributed by atoms with Gasteiger partial charge in [-0.1, -0.05) is 22.9 Å². The van der Waals surface area contributed by atoms with Crippen molar-refractivity contribution in [3.8, 4) is 0 Å². The van der Waals surface area contributed by atoms with Gasteiger partial charge in [-0.15, -0.1) is 0 Å². The maximum absolute atomic E-state index is 12.0. The van der Waals surface area contributed by atoms with Crippen molar-refractivity contribution in [3.63, 3.8) is 0 Å². The molecule has 0 aliphatic heterocycles. The first kappa shape index (κ1) is 14.8. The van der Waals surface area contributed by atoms with Crippen LogP contribution in [-0.2, 0) is 11.3 Å². The zero-order valence-electron chi connectivity index (χ0n) is 11.5. The van der Waals surface area contributed by atoms with Gasteiger partial charge >= 0.3 is 0 Å². The number of nitrogens with one attached hydrogen (secondary N) is 1. The van der Waals surface area contributed by atoms with Gasteiger partial charge in [0.25, 0.3) is 0 Å². The lowest BCUT2D eigenvalue weighted by atomic mass is 10.2. The van der Waals surface area contributed by atoms with Crippen molar-refractivity contribution in [2.24, 2.45) is 0 Å². The Hall–Kier alpha value is -1.62. The molecule has 1 aromatic carbocycles. The van der Waals surface area contributed by atoms with Gasteiger partial charge < -0.3 is 9.88 Å². The maximum Gasteiger partial charge on any atom is 0.240 e. The summed E-state index contributed by atoms with van der Waals surface area (Å²) in [7, 11) is 0. The Kier molecular flexibility index (Phi) is 4.60. The molecule has 0 saturated heterocycles. The van der Waals surface area contributed by atoms with Gasteiger partial charge in [0.1, 0.15) is 6.54 Å². The quantitative estimate of drug-likeness (QED) is 0.933. The molecule has 1 aromatic heterocycles. The summed E-state index contributed by atoms with van der Waals surface area (Å²) in [6, 6.07) is 7.14. The summed E-state index contributed by atoms with van der Waals surface area (Å²) in [5.41, 5.74) is 0.722. The SMILES string of the molecule is CC[C@@H](C)NC(=O)Cn1ccc(=O)c2cc(Br)ccc21. The molecule has 20 heavy (non-hydrogen) atoms. The van der Waals surface area contributed by atoms with E-state index in [-0.39, 0.29) is 23.9 Å². The number of halogens is 1. The van der Waals surface area contributed by atoms with Gasteiger partial charge in [-0.05, 0) is 31.5 Å². The van der Waals surface area contributed by atoms with E-state index in [1.807, 2.05) is 26.0 Å². The van der Waals surface area contributed by atoms with Crippen molar-refractivity contribution in [2.45, 2.75) is 32.9 Å². The molecule has 0 unspecified atom stereocenters. The summed E-state index contributed by atoms with van der Waals surface area (Å²) in [5, 5.41) is 3.53. The fourth-order valence-corrected chi connectivity index (χ4v) is 2.36. The van der Waals surface area contributed by atoms with E-state index in [4.69, 9.17) is 0 Å². The van der Waals surface area contributed by atoms with E-state index in [0.29, 0.717) is 5.39 Å². The molecule has 0 bridgehead atoms. The highest BCUT2D eigenvalue weighted by Crippen LogP contribution is 2.16. The molecule has 1 amide bonds. The maximum atomic E-state index is 12.0. The van der Waals surface area contributed by atoms with E-state index < -0.39 is 0 Å². The van der Waals surface area contributed by atoms with Gasteiger partial charge in [-0.2, -0.15) is 0 Å². The monoisotopic (exact) mass is 336 g/mol. The van der Waals surface area contributed by atoms with Crippen LogP contribution in [0.15, 0.2) is 39.7 Å². The first-order valence-electron chi connectivity index (χ1n) is 6.59. The largest absolute Gasteiger partial charge is 0.352 e. The smallest absolute Gasteiger partial charge is 0.240 e. The normalized spacial score (nSPS) is 12.3. The molecule has 0 fully saturated rings. The Morgan fingerprint density at radius 1 is 1.40 bits per heavy atom. The topological polar surface area (TPSA) is 51.1 Å². The second kappa shape index (κ2) is 6.22. The average molecular weight is 337 g/mol. The number of amides is 1. The average Bonchev–Trinajstić information content (AvgIpc) is 2.42. The number of fused-ring (bicyclic) bond motifs is 1. The zero-order valence-corrected chi connectivity index (χ0v) is 13.1. The lowest BCUT2D eigenvalue weighted by molar-refractivity contribution is -0.122. The molecule has 0 spiro atoms. The molecule has 1 N–H and O–H groups in total. The molecule has 0 saturated carbocycles. The third kappa shape index (κ3) is 3.28. The third-order valence-corrected chi connectivity index (χ3v) is 3.77. The Morgan fingerprint density at radius 2 is 2.15 bits per heavy atom.